The van der Waals surface area contributed by atoms with E-state index >= 15 is 0 Å². The average molecular weight is 241 g/mol. The van der Waals surface area contributed by atoms with E-state index in [9.17, 15) is 9.59 Å². The second kappa shape index (κ2) is 13.8. The molecule has 0 atom stereocenters. The molecule has 6 nitrogen and oxygen atoms in total. The topological polar surface area (TPSA) is 132 Å². The zero-order valence-electron chi connectivity index (χ0n) is 7.27. The number of carbonyl (C=O) groups is 2. The molecule has 0 bridgehead atoms. The Balaban J connectivity index is -0.000000173. The minimum Gasteiger partial charge on any atom is -0.478 e. The van der Waals surface area contributed by atoms with Crippen molar-refractivity contribution in [2.45, 2.75) is 0 Å². The summed E-state index contributed by atoms with van der Waals surface area (Å²) < 4.78 is 0. The second-order valence-electron chi connectivity index (χ2n) is 1.65. The Morgan fingerprint density at radius 1 is 1.15 bits per heavy atom. The summed E-state index contributed by atoms with van der Waals surface area (Å²) in [6.07, 6.45) is 1.46. The third-order valence-electron chi connectivity index (χ3n) is 0.557. The van der Waals surface area contributed by atoms with Crippen molar-refractivity contribution >= 4 is 11.9 Å². The summed E-state index contributed by atoms with van der Waals surface area (Å²) in [6.45, 7) is 1.19. The Kier molecular flexibility index (Phi) is 19.2. The average Bonchev–Trinajstić information content (AvgIpc) is 2.01. The minimum atomic E-state index is -1.18. The molecule has 0 aromatic heterocycles. The van der Waals surface area contributed by atoms with E-state index in [1.54, 1.807) is 0 Å². The molecule has 7 heteroatoms. The van der Waals surface area contributed by atoms with Crippen LogP contribution in [0.15, 0.2) is 12.2 Å². The summed E-state index contributed by atoms with van der Waals surface area (Å²) in [7, 11) is 0. The van der Waals surface area contributed by atoms with Crippen LogP contribution in [0.1, 0.15) is 0 Å². The van der Waals surface area contributed by atoms with Crippen molar-refractivity contribution in [3.63, 3.8) is 0 Å². The van der Waals surface area contributed by atoms with E-state index in [4.69, 9.17) is 16.6 Å². The molecule has 0 rings (SSSR count). The zero-order chi connectivity index (χ0) is 9.98. The van der Waals surface area contributed by atoms with Gasteiger partial charge in [0.25, 0.3) is 0 Å². The molecule has 0 aliphatic carbocycles. The number of nitrogens with two attached hydrogens (primary N) is 3. The maximum absolute atomic E-state index is 9.78. The van der Waals surface area contributed by atoms with Crippen molar-refractivity contribution in [1.29, 1.82) is 0 Å². The molecule has 13 heavy (non-hydrogen) atoms. The van der Waals surface area contributed by atoms with Gasteiger partial charge in [-0.2, -0.15) is 0 Å². The summed E-state index contributed by atoms with van der Waals surface area (Å²) in [5.41, 5.74) is 14.4. The van der Waals surface area contributed by atoms with E-state index < -0.39 is 11.9 Å². The molecule has 0 heterocycles. The third kappa shape index (κ3) is 35.0. The van der Waals surface area contributed by atoms with Crippen molar-refractivity contribution in [3.05, 3.63) is 12.2 Å². The van der Waals surface area contributed by atoms with Crippen LogP contribution < -0.4 is 17.2 Å². The van der Waals surface area contributed by atoms with Crippen LogP contribution in [0.2, 0.25) is 0 Å². The van der Waals surface area contributed by atoms with Crippen LogP contribution in [0, 0.1) is 0 Å². The van der Waals surface area contributed by atoms with Gasteiger partial charge in [-0.1, -0.05) is 0 Å². The van der Waals surface area contributed by atoms with Crippen LogP contribution in [0.25, 0.3) is 0 Å². The van der Waals surface area contributed by atoms with Crippen molar-refractivity contribution < 1.29 is 34.2 Å². The fourth-order valence-electron chi connectivity index (χ4n) is 0.153. The number of carboxylic acids is 1. The molecule has 72 valence electrons. The predicted octanol–water partition coefficient (Wildman–Crippen LogP) is -1.99. The summed E-state index contributed by atoms with van der Waals surface area (Å²) in [4.78, 5) is 19.4. The number of carbonyl (C=O) groups excluding carboxylic acids is 1. The number of aliphatic carboxylic acids is 1. The van der Waals surface area contributed by atoms with E-state index in [2.05, 4.69) is 5.73 Å². The first-order valence-corrected chi connectivity index (χ1v) is 3.15. The Morgan fingerprint density at radius 2 is 1.54 bits per heavy atom. The van der Waals surface area contributed by atoms with E-state index in [1.807, 2.05) is 0 Å². The summed E-state index contributed by atoms with van der Waals surface area (Å²) in [6, 6.07) is 0. The first-order valence-electron chi connectivity index (χ1n) is 3.15. The first kappa shape index (κ1) is 18.1. The molecule has 0 unspecified atom stereocenters. The smallest absolute Gasteiger partial charge is 0.328 e. The largest absolute Gasteiger partial charge is 0.478 e. The fraction of sp³-hybridized carbons (Fsp3) is 0.333. The molecule has 0 radical (unpaired) electrons. The van der Waals surface area contributed by atoms with Crippen molar-refractivity contribution in [2.75, 3.05) is 13.1 Å². The van der Waals surface area contributed by atoms with Gasteiger partial charge in [-0.05, 0) is 0 Å². The van der Waals surface area contributed by atoms with E-state index in [0.717, 1.165) is 6.08 Å². The van der Waals surface area contributed by atoms with E-state index in [0.29, 0.717) is 19.2 Å². The van der Waals surface area contributed by atoms with Gasteiger partial charge in [0.05, 0.1) is 0 Å². The normalized spacial score (nSPS) is 8.15. The van der Waals surface area contributed by atoms with Gasteiger partial charge in [-0.3, -0.25) is 4.79 Å². The first-order chi connectivity index (χ1) is 5.54. The molecular weight excluding hydrogens is 227 g/mol. The fourth-order valence-corrected chi connectivity index (χ4v) is 0.153. The molecule has 0 aliphatic rings. The van der Waals surface area contributed by atoms with Gasteiger partial charge in [0.1, 0.15) is 0 Å². The summed E-state index contributed by atoms with van der Waals surface area (Å²) in [5, 5.41) is 7.87. The molecule has 0 spiro atoms. The van der Waals surface area contributed by atoms with Crippen LogP contribution >= 0.6 is 0 Å². The Bertz CT molecular complexity index is 155. The van der Waals surface area contributed by atoms with Crippen LogP contribution in [0.4, 0.5) is 0 Å². The maximum Gasteiger partial charge on any atom is 0.328 e. The van der Waals surface area contributed by atoms with Gasteiger partial charge in [0, 0.05) is 44.7 Å². The third-order valence-corrected chi connectivity index (χ3v) is 0.557. The van der Waals surface area contributed by atoms with Gasteiger partial charge in [-0.15, -0.1) is 0 Å². The molecule has 0 aliphatic heterocycles. The van der Waals surface area contributed by atoms with Gasteiger partial charge in [0.15, 0.2) is 0 Å². The van der Waals surface area contributed by atoms with Crippen molar-refractivity contribution in [1.82, 2.24) is 0 Å². The minimum absolute atomic E-state index is 0. The molecular formula is C6H13N3O3Zn. The molecule has 0 fully saturated rings. The monoisotopic (exact) mass is 239 g/mol. The van der Waals surface area contributed by atoms with Gasteiger partial charge >= 0.3 is 5.97 Å². The van der Waals surface area contributed by atoms with E-state index in [1.165, 1.54) is 0 Å². The molecule has 0 aromatic carbocycles. The SMILES string of the molecule is NC(=O)/C=C\C(=O)O.NCCN.[Zn]. The summed E-state index contributed by atoms with van der Waals surface area (Å²) in [5.74, 6) is -1.93. The van der Waals surface area contributed by atoms with Crippen LogP contribution in [-0.4, -0.2) is 30.1 Å². The van der Waals surface area contributed by atoms with Crippen LogP contribution in [-0.2, 0) is 29.1 Å². The maximum atomic E-state index is 9.78. The standard InChI is InChI=1S/C4H5NO3.C2H8N2.Zn/c5-3(6)1-2-4(7)8;3-1-2-4;/h1-2H,(H2,5,6)(H,7,8);1-4H2;/b2-1-;;. The number of hydrogen-bond donors (Lipinski definition) is 4. The van der Waals surface area contributed by atoms with Gasteiger partial charge < -0.3 is 22.3 Å². The Morgan fingerprint density at radius 3 is 1.62 bits per heavy atom. The quantitative estimate of drug-likeness (QED) is 0.335. The second-order valence-corrected chi connectivity index (χ2v) is 1.65. The van der Waals surface area contributed by atoms with Crippen molar-refractivity contribution in [2.24, 2.45) is 17.2 Å². The number of carboxylic acid groups (broad SMARTS) is 1. The number of rotatable bonds is 3. The predicted molar refractivity (Wildman–Crippen MR) is 44.1 cm³/mol. The molecule has 1 amide bonds. The van der Waals surface area contributed by atoms with Crippen molar-refractivity contribution in [3.8, 4) is 0 Å². The number of primary amides is 1. The van der Waals surface area contributed by atoms with Gasteiger partial charge in [0.2, 0.25) is 5.91 Å². The van der Waals surface area contributed by atoms with E-state index in [-0.39, 0.29) is 19.5 Å². The molecule has 0 aromatic rings. The Labute approximate surface area is 88.9 Å². The number of hydrogen-bond acceptors (Lipinski definition) is 4. The van der Waals surface area contributed by atoms with Gasteiger partial charge in [-0.25, -0.2) is 4.79 Å². The number of amides is 1. The summed E-state index contributed by atoms with van der Waals surface area (Å²) >= 11 is 0. The van der Waals surface area contributed by atoms with Crippen LogP contribution in [0.3, 0.4) is 0 Å². The van der Waals surface area contributed by atoms with Crippen LogP contribution in [0.5, 0.6) is 0 Å². The molecule has 0 saturated carbocycles. The zero-order valence-corrected chi connectivity index (χ0v) is 10.2. The molecule has 7 N–H and O–H groups in total. The Hall–Kier alpha value is -0.777. The molecule has 0 saturated heterocycles.